The molecule has 0 aliphatic rings. The number of carbonyl (C=O) groups is 1. The van der Waals surface area contributed by atoms with Crippen LogP contribution in [0.15, 0.2) is 77.4 Å². The Labute approximate surface area is 147 Å². The fourth-order valence-electron chi connectivity index (χ4n) is 2.64. The Balaban J connectivity index is 1.58. The van der Waals surface area contributed by atoms with E-state index in [0.717, 1.165) is 23.5 Å². The summed E-state index contributed by atoms with van der Waals surface area (Å²) in [6, 6.07) is 21.4. The molecule has 0 unspecified atom stereocenters. The molecule has 128 valence electrons. The van der Waals surface area contributed by atoms with E-state index in [9.17, 15) is 4.79 Å². The summed E-state index contributed by atoms with van der Waals surface area (Å²) in [6.45, 7) is 1.84. The van der Waals surface area contributed by atoms with Crippen molar-refractivity contribution in [1.29, 1.82) is 0 Å². The molecule has 1 N–H and O–H groups in total. The van der Waals surface area contributed by atoms with Crippen LogP contribution in [0.2, 0.25) is 0 Å². The van der Waals surface area contributed by atoms with Gasteiger partial charge in [0.25, 0.3) is 5.91 Å². The minimum Gasteiger partial charge on any atom is -0.483 e. The molecule has 1 aromatic heterocycles. The highest BCUT2D eigenvalue weighted by Gasteiger charge is 2.13. The monoisotopic (exact) mass is 335 g/mol. The van der Waals surface area contributed by atoms with E-state index in [-0.39, 0.29) is 18.6 Å². The zero-order chi connectivity index (χ0) is 17.5. The predicted octanol–water partition coefficient (Wildman–Crippen LogP) is 4.13. The molecule has 0 bridgehead atoms. The van der Waals surface area contributed by atoms with Gasteiger partial charge in [0.2, 0.25) is 0 Å². The molecule has 4 nitrogen and oxygen atoms in total. The van der Waals surface area contributed by atoms with Gasteiger partial charge in [-0.3, -0.25) is 4.79 Å². The van der Waals surface area contributed by atoms with Crippen molar-refractivity contribution in [1.82, 2.24) is 5.32 Å². The first-order valence-electron chi connectivity index (χ1n) is 8.30. The molecule has 0 aliphatic heterocycles. The van der Waals surface area contributed by atoms with Crippen molar-refractivity contribution in [3.63, 3.8) is 0 Å². The lowest BCUT2D eigenvalue weighted by Crippen LogP contribution is -2.31. The first kappa shape index (κ1) is 16.8. The summed E-state index contributed by atoms with van der Waals surface area (Å²) in [7, 11) is 0. The zero-order valence-corrected chi connectivity index (χ0v) is 14.1. The molecule has 0 saturated heterocycles. The molecule has 3 rings (SSSR count). The lowest BCUT2D eigenvalue weighted by atomic mass is 10.0. The molecule has 1 amide bonds. The third-order valence-electron chi connectivity index (χ3n) is 3.92. The third-order valence-corrected chi connectivity index (χ3v) is 3.92. The van der Waals surface area contributed by atoms with Gasteiger partial charge in [-0.15, -0.1) is 0 Å². The van der Waals surface area contributed by atoms with Gasteiger partial charge >= 0.3 is 0 Å². The average molecular weight is 335 g/mol. The molecule has 1 atom stereocenters. The predicted molar refractivity (Wildman–Crippen MR) is 96.5 cm³/mol. The highest BCUT2D eigenvalue weighted by atomic mass is 16.5. The van der Waals surface area contributed by atoms with Gasteiger partial charge in [0.05, 0.1) is 12.3 Å². The number of hydrogen-bond donors (Lipinski definition) is 1. The molecule has 2 aromatic carbocycles. The number of rotatable bonds is 7. The normalized spacial score (nSPS) is 11.7. The molecule has 0 spiro atoms. The van der Waals surface area contributed by atoms with E-state index < -0.39 is 0 Å². The maximum absolute atomic E-state index is 12.1. The summed E-state index contributed by atoms with van der Waals surface area (Å²) in [6.07, 6.45) is 2.36. The van der Waals surface area contributed by atoms with Gasteiger partial charge in [-0.1, -0.05) is 48.5 Å². The first-order valence-corrected chi connectivity index (χ1v) is 8.30. The van der Waals surface area contributed by atoms with Gasteiger partial charge < -0.3 is 14.5 Å². The van der Waals surface area contributed by atoms with Crippen LogP contribution in [0.3, 0.4) is 0 Å². The average Bonchev–Trinajstić information content (AvgIpc) is 3.17. The van der Waals surface area contributed by atoms with Crippen LogP contribution >= 0.6 is 0 Å². The molecular weight excluding hydrogens is 314 g/mol. The van der Waals surface area contributed by atoms with E-state index >= 15 is 0 Å². The second-order valence-corrected chi connectivity index (χ2v) is 5.86. The Hall–Kier alpha value is -3.01. The van der Waals surface area contributed by atoms with Gasteiger partial charge in [-0.2, -0.15) is 0 Å². The lowest BCUT2D eigenvalue weighted by Gasteiger charge is -2.14. The van der Waals surface area contributed by atoms with Crippen molar-refractivity contribution in [2.24, 2.45) is 0 Å². The lowest BCUT2D eigenvalue weighted by molar-refractivity contribution is -0.123. The van der Waals surface area contributed by atoms with Crippen molar-refractivity contribution < 1.29 is 13.9 Å². The van der Waals surface area contributed by atoms with Crippen LogP contribution in [-0.4, -0.2) is 12.5 Å². The van der Waals surface area contributed by atoms with E-state index in [1.54, 1.807) is 12.3 Å². The highest BCUT2D eigenvalue weighted by molar-refractivity contribution is 5.78. The van der Waals surface area contributed by atoms with Crippen LogP contribution in [0, 0.1) is 0 Å². The number of nitrogens with one attached hydrogen (secondary N) is 1. The number of furan rings is 1. The number of amides is 1. The molecule has 0 aliphatic carbocycles. The number of hydrogen-bond acceptors (Lipinski definition) is 3. The Bertz CT molecular complexity index is 797. The van der Waals surface area contributed by atoms with Crippen molar-refractivity contribution >= 4 is 5.91 Å². The summed E-state index contributed by atoms with van der Waals surface area (Å²) in [5, 5.41) is 2.86. The summed E-state index contributed by atoms with van der Waals surface area (Å²) in [5.41, 5.74) is 2.26. The fraction of sp³-hybridized carbons (Fsp3) is 0.190. The number of para-hydroxylation sites is 1. The summed E-state index contributed by atoms with van der Waals surface area (Å²) < 4.78 is 11.0. The van der Waals surface area contributed by atoms with Gasteiger partial charge in [-0.05, 0) is 36.2 Å². The van der Waals surface area contributed by atoms with Gasteiger partial charge in [-0.25, -0.2) is 0 Å². The number of carbonyl (C=O) groups excluding carboxylic acids is 1. The largest absolute Gasteiger partial charge is 0.483 e. The third kappa shape index (κ3) is 4.73. The summed E-state index contributed by atoms with van der Waals surface area (Å²) >= 11 is 0. The van der Waals surface area contributed by atoms with E-state index in [0.29, 0.717) is 0 Å². The van der Waals surface area contributed by atoms with Crippen molar-refractivity contribution in [3.8, 4) is 5.75 Å². The molecular formula is C21H21NO3. The topological polar surface area (TPSA) is 51.5 Å². The standard InChI is InChI=1S/C21H21NO3/c1-16(19-12-7-13-24-19)22-21(23)15-25-20-11-6-5-10-18(20)14-17-8-3-2-4-9-17/h2-13,16H,14-15H2,1H3,(H,22,23)/t16-/m0/s1. The Morgan fingerprint density at radius 1 is 1.04 bits per heavy atom. The van der Waals surface area contributed by atoms with E-state index in [4.69, 9.17) is 9.15 Å². The highest BCUT2D eigenvalue weighted by Crippen LogP contribution is 2.21. The smallest absolute Gasteiger partial charge is 0.258 e. The SMILES string of the molecule is C[C@H](NC(=O)COc1ccccc1Cc1ccccc1)c1ccco1. The molecule has 0 saturated carbocycles. The van der Waals surface area contributed by atoms with Crippen LogP contribution in [0.25, 0.3) is 0 Å². The molecule has 25 heavy (non-hydrogen) atoms. The number of ether oxygens (including phenoxy) is 1. The molecule has 0 fully saturated rings. The van der Waals surface area contributed by atoms with E-state index in [2.05, 4.69) is 17.4 Å². The van der Waals surface area contributed by atoms with Crippen LogP contribution in [0.1, 0.15) is 29.9 Å². The quantitative estimate of drug-likeness (QED) is 0.706. The van der Waals surface area contributed by atoms with Gasteiger partial charge in [0, 0.05) is 6.42 Å². The van der Waals surface area contributed by atoms with Gasteiger partial charge in [0.15, 0.2) is 6.61 Å². The maximum Gasteiger partial charge on any atom is 0.258 e. The Kier molecular flexibility index (Phi) is 5.52. The van der Waals surface area contributed by atoms with Gasteiger partial charge in [0.1, 0.15) is 11.5 Å². The second-order valence-electron chi connectivity index (χ2n) is 5.86. The van der Waals surface area contributed by atoms with Crippen LogP contribution in [-0.2, 0) is 11.2 Å². The molecule has 3 aromatic rings. The number of benzene rings is 2. The Morgan fingerprint density at radius 3 is 2.56 bits per heavy atom. The molecule has 0 radical (unpaired) electrons. The van der Waals surface area contributed by atoms with Crippen molar-refractivity contribution in [2.75, 3.05) is 6.61 Å². The second kappa shape index (κ2) is 8.20. The zero-order valence-electron chi connectivity index (χ0n) is 14.1. The maximum atomic E-state index is 12.1. The molecule has 4 heteroatoms. The molecule has 1 heterocycles. The van der Waals surface area contributed by atoms with Crippen LogP contribution < -0.4 is 10.1 Å². The fourth-order valence-corrected chi connectivity index (χ4v) is 2.64. The Morgan fingerprint density at radius 2 is 1.80 bits per heavy atom. The van der Waals surface area contributed by atoms with E-state index in [1.807, 2.05) is 55.5 Å². The van der Waals surface area contributed by atoms with Crippen LogP contribution in [0.4, 0.5) is 0 Å². The van der Waals surface area contributed by atoms with Crippen molar-refractivity contribution in [3.05, 3.63) is 89.9 Å². The van der Waals surface area contributed by atoms with Crippen molar-refractivity contribution in [2.45, 2.75) is 19.4 Å². The van der Waals surface area contributed by atoms with E-state index in [1.165, 1.54) is 5.56 Å². The first-order chi connectivity index (χ1) is 12.2. The minimum atomic E-state index is -0.189. The minimum absolute atomic E-state index is 0.0309. The summed E-state index contributed by atoms with van der Waals surface area (Å²) in [4.78, 5) is 12.1. The van der Waals surface area contributed by atoms with Crippen LogP contribution in [0.5, 0.6) is 5.75 Å². The summed E-state index contributed by atoms with van der Waals surface area (Å²) in [5.74, 6) is 1.27.